The molecular weight excluding hydrogens is 645 g/mol. The maximum atomic E-state index is 5.03. The van der Waals surface area contributed by atoms with Crippen LogP contribution in [0.15, 0.2) is 147 Å². The van der Waals surface area contributed by atoms with Gasteiger partial charge >= 0.3 is 0 Å². The van der Waals surface area contributed by atoms with Gasteiger partial charge in [-0.25, -0.2) is 9.97 Å². The molecule has 6 aromatic carbocycles. The molecule has 50 heavy (non-hydrogen) atoms. The summed E-state index contributed by atoms with van der Waals surface area (Å²) in [6, 6.07) is 48.0. The second kappa shape index (κ2) is 13.5. The van der Waals surface area contributed by atoms with Gasteiger partial charge in [-0.3, -0.25) is 0 Å². The molecule has 4 heteroatoms. The molecule has 0 spiro atoms. The van der Waals surface area contributed by atoms with Gasteiger partial charge in [0.05, 0.1) is 20.4 Å². The van der Waals surface area contributed by atoms with E-state index < -0.39 is 0 Å². The van der Waals surface area contributed by atoms with Gasteiger partial charge in [-0.15, -0.1) is 22.7 Å². The van der Waals surface area contributed by atoms with Crippen molar-refractivity contribution in [2.45, 2.75) is 26.7 Å². The molecule has 242 valence electrons. The van der Waals surface area contributed by atoms with Crippen LogP contribution < -0.4 is 0 Å². The van der Waals surface area contributed by atoms with Crippen LogP contribution in [-0.2, 0) is 12.8 Å². The Hall–Kier alpha value is -5.42. The van der Waals surface area contributed by atoms with E-state index in [0.29, 0.717) is 0 Å². The summed E-state index contributed by atoms with van der Waals surface area (Å²) in [6.07, 6.45) is 1.81. The monoisotopic (exact) mass is 680 g/mol. The Morgan fingerprint density at radius 1 is 0.500 bits per heavy atom. The Kier molecular flexibility index (Phi) is 8.58. The molecule has 0 amide bonds. The minimum Gasteiger partial charge on any atom is -0.236 e. The smallest absolute Gasteiger partial charge is 0.124 e. The number of allylic oxidation sites excluding steroid dienone is 1. The number of hydrogen-bond acceptors (Lipinski definition) is 4. The van der Waals surface area contributed by atoms with Crippen LogP contribution in [0.4, 0.5) is 0 Å². The molecule has 0 unspecified atom stereocenters. The Morgan fingerprint density at radius 2 is 0.860 bits per heavy atom. The van der Waals surface area contributed by atoms with Crippen LogP contribution in [0, 0.1) is 6.92 Å². The Labute approximate surface area is 301 Å². The number of thiazole rings is 2. The maximum Gasteiger partial charge on any atom is 0.124 e. The minimum atomic E-state index is 0.875. The van der Waals surface area contributed by atoms with Crippen LogP contribution in [-0.4, -0.2) is 9.97 Å². The minimum absolute atomic E-state index is 0.875. The molecule has 2 heterocycles. The van der Waals surface area contributed by atoms with Crippen LogP contribution in [0.1, 0.15) is 51.4 Å². The number of nitrogens with zero attached hydrogens (tertiary/aromatic N) is 2. The lowest BCUT2D eigenvalue weighted by Crippen LogP contribution is -1.91. The summed E-state index contributed by atoms with van der Waals surface area (Å²) in [5.41, 5.74) is 16.4. The van der Waals surface area contributed by atoms with Gasteiger partial charge in [0, 0.05) is 11.1 Å². The summed E-state index contributed by atoms with van der Waals surface area (Å²) in [6.45, 7) is 12.5. The van der Waals surface area contributed by atoms with Crippen molar-refractivity contribution < 1.29 is 0 Å². The van der Waals surface area contributed by atoms with Crippen molar-refractivity contribution in [3.63, 3.8) is 0 Å². The largest absolute Gasteiger partial charge is 0.236 e. The van der Waals surface area contributed by atoms with Crippen molar-refractivity contribution in [1.82, 2.24) is 9.97 Å². The third kappa shape index (κ3) is 6.73. The van der Waals surface area contributed by atoms with E-state index in [4.69, 9.17) is 9.97 Å². The predicted molar refractivity (Wildman–Crippen MR) is 216 cm³/mol. The molecule has 8 rings (SSSR count). The zero-order valence-corrected chi connectivity index (χ0v) is 29.9. The van der Waals surface area contributed by atoms with Crippen LogP contribution in [0.5, 0.6) is 0 Å². The molecule has 8 aromatic rings. The highest BCUT2D eigenvalue weighted by atomic mass is 32.1. The van der Waals surface area contributed by atoms with E-state index in [9.17, 15) is 0 Å². The zero-order valence-electron chi connectivity index (χ0n) is 28.2. The maximum absolute atomic E-state index is 5.03. The number of rotatable bonds is 9. The van der Waals surface area contributed by atoms with E-state index in [2.05, 4.69) is 154 Å². The summed E-state index contributed by atoms with van der Waals surface area (Å²) in [4.78, 5) is 10.1. The van der Waals surface area contributed by atoms with Crippen LogP contribution >= 0.6 is 22.7 Å². The van der Waals surface area contributed by atoms with Crippen molar-refractivity contribution in [1.29, 1.82) is 0 Å². The number of benzene rings is 6. The third-order valence-corrected chi connectivity index (χ3v) is 11.4. The highest BCUT2D eigenvalue weighted by molar-refractivity contribution is 7.23. The Bertz CT molecular complexity index is 2430. The number of hydrogen-bond donors (Lipinski definition) is 0. The first kappa shape index (κ1) is 31.8. The molecule has 0 aliphatic heterocycles. The lowest BCUT2D eigenvalue weighted by Gasteiger charge is -2.09. The summed E-state index contributed by atoms with van der Waals surface area (Å²) in [5, 5.41) is 2.08. The summed E-state index contributed by atoms with van der Waals surface area (Å²) in [5.74, 6) is 0. The molecule has 0 radical (unpaired) electrons. The average molecular weight is 681 g/mol. The summed E-state index contributed by atoms with van der Waals surface area (Å²) >= 11 is 3.46. The molecular formula is C46H36N2S2. The molecule has 0 saturated heterocycles. The van der Waals surface area contributed by atoms with E-state index in [1.165, 1.54) is 32.5 Å². The van der Waals surface area contributed by atoms with Crippen molar-refractivity contribution in [2.75, 3.05) is 0 Å². The van der Waals surface area contributed by atoms with Gasteiger partial charge in [-0.1, -0.05) is 146 Å². The Balaban J connectivity index is 0.933. The topological polar surface area (TPSA) is 25.8 Å². The SMILES string of the molecule is C=C(C)c1ccc(C(=C)c2ccc(Cc3ccc(-c4nc5cc6sc(-c7ccc(Cc8ccc(C)cc8)cc7)nc6cc5s4)cc3)cc2)cc1. The first-order chi connectivity index (χ1) is 24.3. The first-order valence-corrected chi connectivity index (χ1v) is 18.5. The Morgan fingerprint density at radius 3 is 1.28 bits per heavy atom. The highest BCUT2D eigenvalue weighted by Gasteiger charge is 2.13. The molecule has 0 fully saturated rings. The van der Waals surface area contributed by atoms with Gasteiger partial charge in [0.2, 0.25) is 0 Å². The molecule has 0 N–H and O–H groups in total. The van der Waals surface area contributed by atoms with E-state index in [-0.39, 0.29) is 0 Å². The zero-order chi connectivity index (χ0) is 34.2. The van der Waals surface area contributed by atoms with Crippen molar-refractivity contribution >= 4 is 54.3 Å². The molecule has 0 bridgehead atoms. The van der Waals surface area contributed by atoms with Crippen LogP contribution in [0.3, 0.4) is 0 Å². The van der Waals surface area contributed by atoms with Crippen molar-refractivity contribution in [3.8, 4) is 21.1 Å². The molecule has 0 aliphatic carbocycles. The normalized spacial score (nSPS) is 11.3. The van der Waals surface area contributed by atoms with E-state index in [0.717, 1.165) is 77.6 Å². The van der Waals surface area contributed by atoms with Crippen molar-refractivity contribution in [3.05, 3.63) is 191 Å². The number of aryl methyl sites for hydroxylation is 1. The molecule has 0 saturated carbocycles. The highest BCUT2D eigenvalue weighted by Crippen LogP contribution is 2.37. The fourth-order valence-electron chi connectivity index (χ4n) is 6.25. The fourth-order valence-corrected chi connectivity index (χ4v) is 8.22. The first-order valence-electron chi connectivity index (χ1n) is 16.8. The van der Waals surface area contributed by atoms with Crippen LogP contribution in [0.25, 0.3) is 52.7 Å². The summed E-state index contributed by atoms with van der Waals surface area (Å²) < 4.78 is 2.33. The lowest BCUT2D eigenvalue weighted by molar-refractivity contribution is 1.19. The standard InChI is InChI=1S/C46H36N2S2/c1-29(2)36-21-23-38(24-22-36)31(4)37-15-9-33(10-16-37)26-35-13-19-40(20-14-35)46-48-42-28-43-41(27-44(42)50-46)47-45(49-43)39-17-11-34(12-18-39)25-32-7-5-30(3)6-8-32/h5-24,27-28H,1,4,25-26H2,2-3H3. The third-order valence-electron chi connectivity index (χ3n) is 9.27. The number of aromatic nitrogens is 2. The fraction of sp³-hybridized carbons (Fsp3) is 0.0870. The van der Waals surface area contributed by atoms with Gasteiger partial charge in [0.1, 0.15) is 10.0 Å². The van der Waals surface area contributed by atoms with Gasteiger partial charge in [0.15, 0.2) is 0 Å². The molecule has 2 aromatic heterocycles. The second-order valence-electron chi connectivity index (χ2n) is 13.1. The molecule has 0 aliphatic rings. The quantitative estimate of drug-likeness (QED) is 0.152. The van der Waals surface area contributed by atoms with Gasteiger partial charge in [0.25, 0.3) is 0 Å². The molecule has 2 nitrogen and oxygen atoms in total. The molecule has 0 atom stereocenters. The average Bonchev–Trinajstić information content (AvgIpc) is 3.76. The van der Waals surface area contributed by atoms with E-state index in [1.807, 2.05) is 6.92 Å². The van der Waals surface area contributed by atoms with E-state index >= 15 is 0 Å². The lowest BCUT2D eigenvalue weighted by atomic mass is 9.95. The van der Waals surface area contributed by atoms with E-state index in [1.54, 1.807) is 22.7 Å². The number of fused-ring (bicyclic) bond motifs is 2. The van der Waals surface area contributed by atoms with Crippen molar-refractivity contribution in [2.24, 2.45) is 0 Å². The van der Waals surface area contributed by atoms with Gasteiger partial charge in [-0.2, -0.15) is 0 Å². The second-order valence-corrected chi connectivity index (χ2v) is 15.2. The van der Waals surface area contributed by atoms with Gasteiger partial charge in [-0.05, 0) is 83.3 Å². The van der Waals surface area contributed by atoms with Gasteiger partial charge < -0.3 is 0 Å². The predicted octanol–water partition coefficient (Wildman–Crippen LogP) is 12.8. The summed E-state index contributed by atoms with van der Waals surface area (Å²) in [7, 11) is 0. The van der Waals surface area contributed by atoms with Crippen LogP contribution in [0.2, 0.25) is 0 Å².